The average Bonchev–Trinajstić information content (AvgIpc) is 2.38. The van der Waals surface area contributed by atoms with Gasteiger partial charge < -0.3 is 0 Å². The van der Waals surface area contributed by atoms with Gasteiger partial charge in [-0.05, 0) is 51.7 Å². The summed E-state index contributed by atoms with van der Waals surface area (Å²) in [5.74, 6) is -2.27. The van der Waals surface area contributed by atoms with Crippen LogP contribution in [0.2, 0.25) is 0 Å². The van der Waals surface area contributed by atoms with Crippen LogP contribution in [0, 0.1) is 17.5 Å². The molecule has 0 spiro atoms. The van der Waals surface area contributed by atoms with Gasteiger partial charge in [-0.1, -0.05) is 18.2 Å². The van der Waals surface area contributed by atoms with Gasteiger partial charge in [-0.3, -0.25) is 0 Å². The lowest BCUT2D eigenvalue weighted by Crippen LogP contribution is -2.01. The molecule has 100 valence electrons. The Labute approximate surface area is 122 Å². The molecule has 2 aromatic carbocycles. The maximum Gasteiger partial charge on any atom is 0.162 e. The number of hydrogen-bond donors (Lipinski definition) is 0. The van der Waals surface area contributed by atoms with Crippen LogP contribution in [0.1, 0.15) is 16.5 Å². The number of alkyl halides is 1. The molecule has 0 nitrogen and oxygen atoms in total. The lowest BCUT2D eigenvalue weighted by Gasteiger charge is -2.11. The van der Waals surface area contributed by atoms with Crippen molar-refractivity contribution in [1.29, 1.82) is 0 Å². The van der Waals surface area contributed by atoms with Crippen molar-refractivity contribution in [3.05, 3.63) is 69.4 Å². The van der Waals surface area contributed by atoms with Gasteiger partial charge in [0, 0.05) is 0 Å². The molecule has 0 aromatic heterocycles. The molecule has 0 N–H and O–H groups in total. The highest BCUT2D eigenvalue weighted by atomic mass is 79.9. The summed E-state index contributed by atoms with van der Waals surface area (Å²) in [6.07, 6.45) is 0.0895. The van der Waals surface area contributed by atoms with Gasteiger partial charge in [-0.2, -0.15) is 0 Å². The fourth-order valence-electron chi connectivity index (χ4n) is 1.72. The van der Waals surface area contributed by atoms with E-state index in [4.69, 9.17) is 11.6 Å². The third kappa shape index (κ3) is 3.31. The smallest absolute Gasteiger partial charge is 0.162 e. The van der Waals surface area contributed by atoms with Crippen LogP contribution in [0.4, 0.5) is 13.2 Å². The molecule has 0 aliphatic carbocycles. The van der Waals surface area contributed by atoms with Crippen LogP contribution >= 0.6 is 27.5 Å². The van der Waals surface area contributed by atoms with Crippen LogP contribution in [-0.4, -0.2) is 0 Å². The van der Waals surface area contributed by atoms with Crippen LogP contribution in [0.3, 0.4) is 0 Å². The summed E-state index contributed by atoms with van der Waals surface area (Å²) in [5, 5.41) is -0.626. The Morgan fingerprint density at radius 3 is 2.47 bits per heavy atom. The minimum Gasteiger partial charge on any atom is -0.206 e. The van der Waals surface area contributed by atoms with E-state index in [1.165, 1.54) is 24.3 Å². The highest BCUT2D eigenvalue weighted by molar-refractivity contribution is 9.10. The predicted molar refractivity (Wildman–Crippen MR) is 72.8 cm³/mol. The molecule has 2 aromatic rings. The van der Waals surface area contributed by atoms with Crippen molar-refractivity contribution in [2.45, 2.75) is 11.8 Å². The summed E-state index contributed by atoms with van der Waals surface area (Å²) in [7, 11) is 0. The number of benzene rings is 2. The number of rotatable bonds is 3. The second-order valence-corrected chi connectivity index (χ2v) is 5.44. The van der Waals surface area contributed by atoms with Crippen LogP contribution in [0.15, 0.2) is 40.9 Å². The molecule has 0 aliphatic heterocycles. The van der Waals surface area contributed by atoms with E-state index < -0.39 is 22.8 Å². The van der Waals surface area contributed by atoms with Crippen molar-refractivity contribution >= 4 is 27.5 Å². The van der Waals surface area contributed by atoms with Crippen LogP contribution in [-0.2, 0) is 6.42 Å². The summed E-state index contributed by atoms with van der Waals surface area (Å²) in [6, 6.07) is 8.37. The van der Waals surface area contributed by atoms with E-state index >= 15 is 0 Å². The quantitative estimate of drug-likeness (QED) is 0.652. The Bertz CT molecular complexity index is 601. The Hall–Kier alpha value is -1.00. The second-order valence-electron chi connectivity index (χ2n) is 4.06. The highest BCUT2D eigenvalue weighted by Crippen LogP contribution is 2.29. The molecule has 5 heteroatoms. The SMILES string of the molecule is Fc1cc(C(Cl)Cc2cccc(F)c2F)ccc1Br. The van der Waals surface area contributed by atoms with Crippen LogP contribution < -0.4 is 0 Å². The van der Waals surface area contributed by atoms with Crippen molar-refractivity contribution in [3.63, 3.8) is 0 Å². The van der Waals surface area contributed by atoms with E-state index in [1.54, 1.807) is 6.07 Å². The molecule has 0 aliphatic rings. The molecule has 19 heavy (non-hydrogen) atoms. The molecule has 0 saturated heterocycles. The van der Waals surface area contributed by atoms with Gasteiger partial charge in [0.1, 0.15) is 5.82 Å². The molecule has 0 fully saturated rings. The summed E-state index contributed by atoms with van der Waals surface area (Å²) in [6.45, 7) is 0. The zero-order valence-corrected chi connectivity index (χ0v) is 12.0. The van der Waals surface area contributed by atoms with E-state index in [2.05, 4.69) is 15.9 Å². The highest BCUT2D eigenvalue weighted by Gasteiger charge is 2.15. The summed E-state index contributed by atoms with van der Waals surface area (Å²) in [4.78, 5) is 0. The Kier molecular flexibility index (Phi) is 4.53. The minimum absolute atomic E-state index is 0.0895. The molecular weight excluding hydrogens is 341 g/mol. The van der Waals surface area contributed by atoms with Gasteiger partial charge in [0.25, 0.3) is 0 Å². The van der Waals surface area contributed by atoms with Gasteiger partial charge in [0.15, 0.2) is 11.6 Å². The van der Waals surface area contributed by atoms with Crippen molar-refractivity contribution < 1.29 is 13.2 Å². The molecule has 0 radical (unpaired) electrons. The molecule has 0 amide bonds. The van der Waals surface area contributed by atoms with E-state index in [1.807, 2.05) is 0 Å². The number of halogens is 5. The molecule has 2 rings (SSSR count). The second kappa shape index (κ2) is 5.97. The standard InChI is InChI=1S/C14H9BrClF3/c15-10-5-4-8(7-13(10)18)11(16)6-9-2-1-3-12(17)14(9)19/h1-5,7,11H,6H2. The van der Waals surface area contributed by atoms with E-state index in [0.29, 0.717) is 10.0 Å². The third-order valence-electron chi connectivity index (χ3n) is 2.74. The zero-order chi connectivity index (χ0) is 14.0. The molecule has 1 atom stereocenters. The molecule has 0 bridgehead atoms. The van der Waals surface area contributed by atoms with E-state index in [9.17, 15) is 13.2 Å². The Morgan fingerprint density at radius 2 is 1.79 bits per heavy atom. The molecule has 0 saturated carbocycles. The largest absolute Gasteiger partial charge is 0.206 e. The first-order valence-corrected chi connectivity index (χ1v) is 6.74. The third-order valence-corrected chi connectivity index (χ3v) is 3.79. The van der Waals surface area contributed by atoms with Crippen molar-refractivity contribution in [1.82, 2.24) is 0 Å². The minimum atomic E-state index is -0.914. The van der Waals surface area contributed by atoms with Gasteiger partial charge in [-0.25, -0.2) is 13.2 Å². The maximum atomic E-state index is 13.5. The normalized spacial score (nSPS) is 12.5. The van der Waals surface area contributed by atoms with Crippen LogP contribution in [0.5, 0.6) is 0 Å². The van der Waals surface area contributed by atoms with Gasteiger partial charge in [0.2, 0.25) is 0 Å². The maximum absolute atomic E-state index is 13.5. The van der Waals surface area contributed by atoms with E-state index in [0.717, 1.165) is 6.07 Å². The fraction of sp³-hybridized carbons (Fsp3) is 0.143. The van der Waals surface area contributed by atoms with E-state index in [-0.39, 0.29) is 12.0 Å². The van der Waals surface area contributed by atoms with Gasteiger partial charge in [0.05, 0.1) is 9.85 Å². The lowest BCUT2D eigenvalue weighted by atomic mass is 10.0. The van der Waals surface area contributed by atoms with Gasteiger partial charge in [-0.15, -0.1) is 11.6 Å². The van der Waals surface area contributed by atoms with Crippen molar-refractivity contribution in [2.24, 2.45) is 0 Å². The predicted octanol–water partition coefficient (Wildman–Crippen LogP) is 5.39. The van der Waals surface area contributed by atoms with Crippen molar-refractivity contribution in [3.8, 4) is 0 Å². The van der Waals surface area contributed by atoms with Gasteiger partial charge >= 0.3 is 0 Å². The van der Waals surface area contributed by atoms with Crippen molar-refractivity contribution in [2.75, 3.05) is 0 Å². The summed E-state index contributed by atoms with van der Waals surface area (Å²) in [5.41, 5.74) is 0.689. The summed E-state index contributed by atoms with van der Waals surface area (Å²) < 4.78 is 40.3. The first-order valence-electron chi connectivity index (χ1n) is 5.51. The first-order chi connectivity index (χ1) is 8.99. The lowest BCUT2D eigenvalue weighted by molar-refractivity contribution is 0.498. The molecule has 0 heterocycles. The van der Waals surface area contributed by atoms with Crippen LogP contribution in [0.25, 0.3) is 0 Å². The molecule has 1 unspecified atom stereocenters. The summed E-state index contributed by atoms with van der Waals surface area (Å²) >= 11 is 9.16. The first kappa shape index (κ1) is 14.4. The Morgan fingerprint density at radius 1 is 1.05 bits per heavy atom. The molecular formula is C14H9BrClF3. The zero-order valence-electron chi connectivity index (χ0n) is 9.64. The fourth-order valence-corrected chi connectivity index (χ4v) is 2.27. The average molecular weight is 350 g/mol. The monoisotopic (exact) mass is 348 g/mol. The topological polar surface area (TPSA) is 0 Å². The number of hydrogen-bond acceptors (Lipinski definition) is 0. The Balaban J connectivity index is 2.23.